The minimum atomic E-state index is -0.408. The number of aromatic nitrogens is 4. The zero-order valence-electron chi connectivity index (χ0n) is 13.9. The second-order valence-corrected chi connectivity index (χ2v) is 8.36. The molecule has 1 atom stereocenters. The maximum absolute atomic E-state index is 12.5. The van der Waals surface area contributed by atoms with Crippen LogP contribution in [0.3, 0.4) is 0 Å². The van der Waals surface area contributed by atoms with E-state index in [4.69, 9.17) is 23.2 Å². The molecular weight excluding hydrogens is 413 g/mol. The molecule has 3 aromatic heterocycles. The Kier molecular flexibility index (Phi) is 6.18. The smallest absolute Gasteiger partial charge is 0.238 e. The van der Waals surface area contributed by atoms with E-state index < -0.39 is 5.25 Å². The van der Waals surface area contributed by atoms with Gasteiger partial charge in [-0.3, -0.25) is 4.79 Å². The maximum Gasteiger partial charge on any atom is 0.238 e. The van der Waals surface area contributed by atoms with Crippen molar-refractivity contribution in [1.82, 2.24) is 19.7 Å². The predicted octanol–water partition coefficient (Wildman–Crippen LogP) is 4.85. The average Bonchev–Trinajstić information content (AvgIpc) is 3.26. The Bertz CT molecular complexity index is 914. The van der Waals surface area contributed by atoms with Gasteiger partial charge in [-0.15, -0.1) is 21.5 Å². The van der Waals surface area contributed by atoms with E-state index in [0.717, 1.165) is 10.7 Å². The van der Waals surface area contributed by atoms with Crippen molar-refractivity contribution in [2.24, 2.45) is 0 Å². The van der Waals surface area contributed by atoms with Crippen molar-refractivity contribution in [3.63, 3.8) is 0 Å². The molecule has 3 rings (SSSR count). The molecule has 0 aromatic carbocycles. The summed E-state index contributed by atoms with van der Waals surface area (Å²) >= 11 is 14.8. The summed E-state index contributed by atoms with van der Waals surface area (Å²) in [4.78, 5) is 17.6. The van der Waals surface area contributed by atoms with Crippen LogP contribution in [0.15, 0.2) is 34.9 Å². The van der Waals surface area contributed by atoms with Crippen molar-refractivity contribution in [3.8, 4) is 10.7 Å². The molecule has 0 aliphatic heterocycles. The van der Waals surface area contributed by atoms with Crippen LogP contribution in [-0.4, -0.2) is 30.9 Å². The number of hydrogen-bond donors (Lipinski definition) is 1. The van der Waals surface area contributed by atoms with Crippen LogP contribution >= 0.6 is 46.3 Å². The van der Waals surface area contributed by atoms with Gasteiger partial charge in [0.1, 0.15) is 0 Å². The van der Waals surface area contributed by atoms with Crippen LogP contribution in [0.2, 0.25) is 10.0 Å². The molecule has 3 heterocycles. The van der Waals surface area contributed by atoms with E-state index in [1.54, 1.807) is 18.3 Å². The maximum atomic E-state index is 12.5. The molecule has 136 valence electrons. The number of pyridine rings is 1. The van der Waals surface area contributed by atoms with Gasteiger partial charge in [0.05, 0.1) is 20.2 Å². The minimum absolute atomic E-state index is 0.227. The molecule has 6 nitrogen and oxygen atoms in total. The van der Waals surface area contributed by atoms with E-state index in [1.165, 1.54) is 24.0 Å². The fraction of sp³-hybridized carbons (Fsp3) is 0.250. The van der Waals surface area contributed by atoms with Gasteiger partial charge in [-0.05, 0) is 31.4 Å². The zero-order chi connectivity index (χ0) is 18.7. The Morgan fingerprint density at radius 2 is 2.23 bits per heavy atom. The second kappa shape index (κ2) is 8.39. The number of halogens is 2. The average molecular weight is 428 g/mol. The number of nitrogens with zero attached hydrogens (tertiary/aromatic N) is 4. The van der Waals surface area contributed by atoms with Gasteiger partial charge in [0, 0.05) is 12.7 Å². The van der Waals surface area contributed by atoms with Gasteiger partial charge in [0.2, 0.25) is 5.91 Å². The van der Waals surface area contributed by atoms with Gasteiger partial charge >= 0.3 is 0 Å². The van der Waals surface area contributed by atoms with E-state index >= 15 is 0 Å². The number of carbonyl (C=O) groups excluding carboxylic acids is 1. The predicted molar refractivity (Wildman–Crippen MR) is 107 cm³/mol. The monoisotopic (exact) mass is 427 g/mol. The van der Waals surface area contributed by atoms with Crippen molar-refractivity contribution in [1.29, 1.82) is 0 Å². The van der Waals surface area contributed by atoms with Crippen LogP contribution in [0, 0.1) is 0 Å². The first-order valence-electron chi connectivity index (χ1n) is 7.75. The number of thiophene rings is 1. The van der Waals surface area contributed by atoms with Crippen LogP contribution in [0.25, 0.3) is 10.7 Å². The van der Waals surface area contributed by atoms with Gasteiger partial charge in [-0.1, -0.05) is 41.0 Å². The highest BCUT2D eigenvalue weighted by molar-refractivity contribution is 8.00. The van der Waals surface area contributed by atoms with E-state index in [-0.39, 0.29) is 11.7 Å². The molecule has 10 heteroatoms. The van der Waals surface area contributed by atoms with Gasteiger partial charge < -0.3 is 9.88 Å². The van der Waals surface area contributed by atoms with E-state index in [9.17, 15) is 4.79 Å². The molecule has 0 saturated heterocycles. The second-order valence-electron chi connectivity index (χ2n) is 5.26. The number of amides is 1. The molecule has 0 radical (unpaired) electrons. The summed E-state index contributed by atoms with van der Waals surface area (Å²) in [5.74, 6) is 0.861. The number of anilines is 1. The Hall–Kier alpha value is -1.61. The lowest BCUT2D eigenvalue weighted by atomic mass is 10.4. The quantitative estimate of drug-likeness (QED) is 0.569. The summed E-state index contributed by atoms with van der Waals surface area (Å²) in [6.45, 7) is 4.53. The number of rotatable bonds is 6. The molecule has 0 aliphatic rings. The number of hydrogen-bond acceptors (Lipinski definition) is 6. The summed E-state index contributed by atoms with van der Waals surface area (Å²) < 4.78 is 1.99. The molecule has 1 unspecified atom stereocenters. The fourth-order valence-electron chi connectivity index (χ4n) is 2.19. The molecule has 26 heavy (non-hydrogen) atoms. The highest BCUT2D eigenvalue weighted by atomic mass is 35.5. The zero-order valence-corrected chi connectivity index (χ0v) is 17.1. The Morgan fingerprint density at radius 1 is 1.42 bits per heavy atom. The van der Waals surface area contributed by atoms with Crippen molar-refractivity contribution in [2.75, 3.05) is 5.32 Å². The largest absolute Gasteiger partial charge is 0.308 e. The molecule has 0 saturated carbocycles. The third-order valence-electron chi connectivity index (χ3n) is 3.48. The number of nitrogens with one attached hydrogen (secondary N) is 1. The molecular formula is C16H15Cl2N5OS2. The number of carbonyl (C=O) groups is 1. The van der Waals surface area contributed by atoms with Gasteiger partial charge in [0.25, 0.3) is 0 Å². The molecule has 1 N–H and O–H groups in total. The lowest BCUT2D eigenvalue weighted by molar-refractivity contribution is -0.115. The van der Waals surface area contributed by atoms with E-state index in [1.807, 2.05) is 29.0 Å². The summed E-state index contributed by atoms with van der Waals surface area (Å²) in [6, 6.07) is 5.50. The van der Waals surface area contributed by atoms with Crippen LogP contribution in [-0.2, 0) is 11.3 Å². The molecule has 0 aliphatic carbocycles. The van der Waals surface area contributed by atoms with Crippen LogP contribution in [0.4, 0.5) is 5.82 Å². The normalized spacial score (nSPS) is 12.2. The van der Waals surface area contributed by atoms with Crippen LogP contribution in [0.5, 0.6) is 0 Å². The minimum Gasteiger partial charge on any atom is -0.308 e. The Balaban J connectivity index is 1.73. The third kappa shape index (κ3) is 4.20. The van der Waals surface area contributed by atoms with Crippen LogP contribution in [0.1, 0.15) is 13.8 Å². The summed E-state index contributed by atoms with van der Waals surface area (Å²) in [7, 11) is 0. The fourth-order valence-corrected chi connectivity index (χ4v) is 4.24. The topological polar surface area (TPSA) is 72.7 Å². The molecule has 1 amide bonds. The van der Waals surface area contributed by atoms with Gasteiger partial charge in [0.15, 0.2) is 16.8 Å². The van der Waals surface area contributed by atoms with Crippen molar-refractivity contribution in [2.45, 2.75) is 30.8 Å². The highest BCUT2D eigenvalue weighted by Crippen LogP contribution is 2.30. The molecule has 0 fully saturated rings. The highest BCUT2D eigenvalue weighted by Gasteiger charge is 2.21. The third-order valence-corrected chi connectivity index (χ3v) is 5.92. The molecule has 0 bridgehead atoms. The van der Waals surface area contributed by atoms with Gasteiger partial charge in [-0.25, -0.2) is 4.98 Å². The van der Waals surface area contributed by atoms with Crippen LogP contribution < -0.4 is 5.32 Å². The first kappa shape index (κ1) is 19.2. The summed E-state index contributed by atoms with van der Waals surface area (Å²) in [5.41, 5.74) is 0. The van der Waals surface area contributed by atoms with Crippen molar-refractivity contribution >= 4 is 58.0 Å². The van der Waals surface area contributed by atoms with E-state index in [0.29, 0.717) is 21.7 Å². The Morgan fingerprint density at radius 3 is 2.88 bits per heavy atom. The lowest BCUT2D eigenvalue weighted by Gasteiger charge is -2.13. The Labute approximate surface area is 168 Å². The molecule has 0 spiro atoms. The summed E-state index contributed by atoms with van der Waals surface area (Å²) in [5, 5.41) is 14.2. The van der Waals surface area contributed by atoms with E-state index in [2.05, 4.69) is 20.5 Å². The lowest BCUT2D eigenvalue weighted by Crippen LogP contribution is -2.23. The van der Waals surface area contributed by atoms with Crippen molar-refractivity contribution in [3.05, 3.63) is 39.8 Å². The number of thioether (sulfide) groups is 1. The SMILES string of the molecule is CCn1c(SC(C)C(=O)Nc2ncc(Cl)cc2Cl)nnc1-c1cccs1. The van der Waals surface area contributed by atoms with Gasteiger partial charge in [-0.2, -0.15) is 0 Å². The molecule has 3 aromatic rings. The van der Waals surface area contributed by atoms with Crippen molar-refractivity contribution < 1.29 is 4.79 Å². The first-order valence-corrected chi connectivity index (χ1v) is 10.3. The standard InChI is InChI=1S/C16H15Cl2N5OS2/c1-3-23-14(12-5-4-6-25-12)21-22-16(23)26-9(2)15(24)20-13-11(18)7-10(17)8-19-13/h4-9H,3H2,1-2H3,(H,19,20,24). The first-order chi connectivity index (χ1) is 12.5. The summed E-state index contributed by atoms with van der Waals surface area (Å²) in [6.07, 6.45) is 1.43.